The van der Waals surface area contributed by atoms with Gasteiger partial charge in [-0.15, -0.1) is 0 Å². The number of alkyl halides is 12. The van der Waals surface area contributed by atoms with Crippen molar-refractivity contribution in [3.8, 4) is 0 Å². The minimum Gasteiger partial charge on any atom is -0.391 e. The van der Waals surface area contributed by atoms with E-state index in [2.05, 4.69) is 21.3 Å². The number of aliphatic hydroxyl groups is 4. The molecule has 0 aromatic heterocycles. The van der Waals surface area contributed by atoms with Gasteiger partial charge in [0.05, 0.1) is 60.8 Å². The minimum atomic E-state index is -5.95. The third kappa shape index (κ3) is 13.9. The number of Topliss-reactive ketones (excluding diaryl/α,β-unsaturated/α-hetero) is 1. The number of aliphatic hydroxyl groups excluding tert-OH is 4. The van der Waals surface area contributed by atoms with E-state index < -0.39 is 226 Å². The average molecular weight is 1190 g/mol. The van der Waals surface area contributed by atoms with Gasteiger partial charge in [0, 0.05) is 30.6 Å². The van der Waals surface area contributed by atoms with E-state index in [1.165, 1.54) is 0 Å². The molecule has 7 rings (SSSR count). The third-order valence-corrected chi connectivity index (χ3v) is 20.2. The number of nitrogens with one attached hydrogen (secondary N) is 4. The zero-order chi connectivity index (χ0) is 59.8. The fraction of sp³-hybridized carbons (Fsp3) is 0.909. The van der Waals surface area contributed by atoms with Crippen LogP contribution in [0.2, 0.25) is 0 Å². The SMILES string of the molecule is CC(=O)NC1CC(C(C2CCC(O)C(NC(=O)C3CCCC(C(=O)NC4CC(C(C5CCC(O)C(NC(=O)C6CCC(OC7CCC(C(C)=O)CC7)CC6)C5)(C(F)(F)F)C(F)(F)F)CCC4O)C3)C2)(C(F)(F)F)C(F)(F)F)CCC1O. The van der Waals surface area contributed by atoms with Crippen molar-refractivity contribution in [3.63, 3.8) is 0 Å². The Balaban J connectivity index is 0.990. The molecule has 7 saturated carbocycles. The van der Waals surface area contributed by atoms with Crippen molar-refractivity contribution in [2.45, 2.75) is 253 Å². The lowest BCUT2D eigenvalue weighted by Crippen LogP contribution is -2.64. The number of ketones is 1. The van der Waals surface area contributed by atoms with Crippen LogP contribution in [0.15, 0.2) is 0 Å². The van der Waals surface area contributed by atoms with Gasteiger partial charge in [-0.05, 0) is 178 Å². The molecule has 14 nitrogen and oxygen atoms in total. The maximum absolute atomic E-state index is 15.7. The maximum Gasteiger partial charge on any atom is 0.403 e. The molecule has 7 fully saturated rings. The molecule has 464 valence electrons. The topological polar surface area (TPSA) is 224 Å². The Morgan fingerprint density at radius 1 is 0.358 bits per heavy atom. The van der Waals surface area contributed by atoms with E-state index in [1.54, 1.807) is 6.92 Å². The molecule has 0 aliphatic heterocycles. The van der Waals surface area contributed by atoms with Gasteiger partial charge in [0.25, 0.3) is 0 Å². The normalized spacial score (nSPS) is 37.1. The van der Waals surface area contributed by atoms with Gasteiger partial charge in [-0.25, -0.2) is 0 Å². The molecule has 14 unspecified atom stereocenters. The summed E-state index contributed by atoms with van der Waals surface area (Å²) in [7, 11) is 0. The van der Waals surface area contributed by atoms with E-state index in [0.29, 0.717) is 38.5 Å². The molecule has 7 aliphatic rings. The van der Waals surface area contributed by atoms with Gasteiger partial charge in [-0.3, -0.25) is 24.0 Å². The summed E-state index contributed by atoms with van der Waals surface area (Å²) in [4.78, 5) is 65.0. The standard InChI is InChI=1S/C55H80F12N4O10/c1-27(72)29-6-14-37(15-7-29)81-38-16-8-30(9-17-38)47(78)69-40-24-34(11-19-44(40)75)51(54(62,63)64,55(65,66)67)36-13-21-46(77)42(26-36)71-49(80)32-5-3-4-31(22-32)48(79)70-41-25-35(12-20-45(41)76)50(52(56,57)58,53(59,60)61)33-10-18-43(74)39(23-33)68-28(2)73/h29-46,74-77H,3-26H2,1-2H3,(H,68,73)(H,69,78)(H,70,79)(H,71,80). The molecule has 0 heterocycles. The molecule has 7 aliphatic carbocycles. The fourth-order valence-corrected chi connectivity index (χ4v) is 15.9. The van der Waals surface area contributed by atoms with Crippen molar-refractivity contribution < 1.29 is 102 Å². The van der Waals surface area contributed by atoms with E-state index in [0.717, 1.165) is 19.8 Å². The number of ether oxygens (including phenoxy) is 1. The fourth-order valence-electron chi connectivity index (χ4n) is 15.9. The highest BCUT2D eigenvalue weighted by atomic mass is 19.4. The second kappa shape index (κ2) is 25.6. The van der Waals surface area contributed by atoms with Crippen LogP contribution in [0.5, 0.6) is 0 Å². The first-order valence-electron chi connectivity index (χ1n) is 29.0. The predicted octanol–water partition coefficient (Wildman–Crippen LogP) is 8.34. The number of rotatable bonds is 14. The zero-order valence-electron chi connectivity index (χ0n) is 45.6. The van der Waals surface area contributed by atoms with Crippen molar-refractivity contribution in [2.24, 2.45) is 58.2 Å². The Labute approximate surface area is 463 Å². The van der Waals surface area contributed by atoms with Crippen LogP contribution < -0.4 is 21.3 Å². The van der Waals surface area contributed by atoms with Crippen LogP contribution >= 0.6 is 0 Å². The summed E-state index contributed by atoms with van der Waals surface area (Å²) in [6.45, 7) is 2.56. The van der Waals surface area contributed by atoms with Crippen LogP contribution in [0.3, 0.4) is 0 Å². The lowest BCUT2D eigenvalue weighted by atomic mass is 9.56. The van der Waals surface area contributed by atoms with Crippen LogP contribution in [-0.2, 0) is 28.7 Å². The van der Waals surface area contributed by atoms with Crippen LogP contribution in [0.4, 0.5) is 52.7 Å². The molecular weight excluding hydrogens is 1100 g/mol. The Hall–Kier alpha value is -3.49. The Morgan fingerprint density at radius 2 is 0.642 bits per heavy atom. The van der Waals surface area contributed by atoms with Crippen LogP contribution in [0, 0.1) is 58.2 Å². The molecule has 8 N–H and O–H groups in total. The lowest BCUT2D eigenvalue weighted by Gasteiger charge is -2.53. The molecule has 0 aromatic rings. The van der Waals surface area contributed by atoms with Crippen molar-refractivity contribution >= 4 is 29.4 Å². The summed E-state index contributed by atoms with van der Waals surface area (Å²) in [5.74, 6) is -14.9. The Bertz CT molecular complexity index is 2160. The second-order valence-electron chi connectivity index (χ2n) is 24.9. The Kier molecular flexibility index (Phi) is 20.6. The summed E-state index contributed by atoms with van der Waals surface area (Å²) in [5.41, 5.74) is -8.80. The van der Waals surface area contributed by atoms with E-state index >= 15 is 52.7 Å². The second-order valence-corrected chi connectivity index (χ2v) is 24.9. The number of hydrogen-bond acceptors (Lipinski definition) is 10. The third-order valence-electron chi connectivity index (χ3n) is 20.2. The highest BCUT2D eigenvalue weighted by molar-refractivity contribution is 5.83. The highest BCUT2D eigenvalue weighted by Gasteiger charge is 2.78. The summed E-state index contributed by atoms with van der Waals surface area (Å²) >= 11 is 0. The zero-order valence-corrected chi connectivity index (χ0v) is 45.6. The molecule has 0 radical (unpaired) electrons. The van der Waals surface area contributed by atoms with Gasteiger partial charge in [-0.2, -0.15) is 52.7 Å². The van der Waals surface area contributed by atoms with Crippen LogP contribution in [-0.4, -0.2) is 135 Å². The van der Waals surface area contributed by atoms with Crippen LogP contribution in [0.1, 0.15) is 168 Å². The first-order valence-corrected chi connectivity index (χ1v) is 29.0. The summed E-state index contributed by atoms with van der Waals surface area (Å²) in [5, 5.41) is 53.1. The average Bonchev–Trinajstić information content (AvgIpc) is 3.03. The van der Waals surface area contributed by atoms with E-state index in [1.807, 2.05) is 0 Å². The molecular formula is C55H80F12N4O10. The molecule has 0 spiro atoms. The lowest BCUT2D eigenvalue weighted by molar-refractivity contribution is -0.384. The number of halogens is 12. The first-order chi connectivity index (χ1) is 37.7. The molecule has 4 amide bonds. The minimum absolute atomic E-state index is 0.00161. The quantitative estimate of drug-likeness (QED) is 0.0777. The number of hydrogen-bond donors (Lipinski definition) is 8. The van der Waals surface area contributed by atoms with Crippen molar-refractivity contribution in [3.05, 3.63) is 0 Å². The molecule has 81 heavy (non-hydrogen) atoms. The molecule has 0 bridgehead atoms. The number of carbonyl (C=O) groups is 5. The summed E-state index contributed by atoms with van der Waals surface area (Å²) in [6, 6.07) is -6.17. The van der Waals surface area contributed by atoms with Gasteiger partial charge in [-0.1, -0.05) is 6.42 Å². The Morgan fingerprint density at radius 3 is 0.926 bits per heavy atom. The van der Waals surface area contributed by atoms with Gasteiger partial charge < -0.3 is 46.4 Å². The van der Waals surface area contributed by atoms with Crippen LogP contribution in [0.25, 0.3) is 0 Å². The van der Waals surface area contributed by atoms with Crippen molar-refractivity contribution in [1.82, 2.24) is 21.3 Å². The largest absolute Gasteiger partial charge is 0.403 e. The molecule has 26 heteroatoms. The van der Waals surface area contributed by atoms with Crippen molar-refractivity contribution in [2.75, 3.05) is 0 Å². The maximum atomic E-state index is 15.7. The predicted molar refractivity (Wildman–Crippen MR) is 265 cm³/mol. The van der Waals surface area contributed by atoms with E-state index in [9.17, 15) is 44.4 Å². The van der Waals surface area contributed by atoms with Gasteiger partial charge >= 0.3 is 24.7 Å². The smallest absolute Gasteiger partial charge is 0.391 e. The van der Waals surface area contributed by atoms with Gasteiger partial charge in [0.1, 0.15) is 5.78 Å². The molecule has 0 aromatic carbocycles. The number of carbonyl (C=O) groups excluding carboxylic acids is 5. The highest BCUT2D eigenvalue weighted by Crippen LogP contribution is 2.66. The first kappa shape index (κ1) is 65.1. The van der Waals surface area contributed by atoms with Gasteiger partial charge in [0.2, 0.25) is 23.6 Å². The van der Waals surface area contributed by atoms with E-state index in [4.69, 9.17) is 4.74 Å². The molecule has 14 atom stereocenters. The molecule has 0 saturated heterocycles. The van der Waals surface area contributed by atoms with E-state index in [-0.39, 0.29) is 49.6 Å². The van der Waals surface area contributed by atoms with Crippen molar-refractivity contribution in [1.29, 1.82) is 0 Å². The summed E-state index contributed by atoms with van der Waals surface area (Å²) in [6.07, 6.45) is -34.4. The summed E-state index contributed by atoms with van der Waals surface area (Å²) < 4.78 is 192. The monoisotopic (exact) mass is 1180 g/mol. The number of amides is 4. The van der Waals surface area contributed by atoms with Gasteiger partial charge in [0.15, 0.2) is 10.8 Å².